The topological polar surface area (TPSA) is 93.8 Å². The van der Waals surface area contributed by atoms with Gasteiger partial charge >= 0.3 is 0 Å². The molecule has 0 radical (unpaired) electrons. The Hall–Kier alpha value is -2.84. The fraction of sp³-hybridized carbons (Fsp3) is 0.391. The van der Waals surface area contributed by atoms with Crippen LogP contribution in [0, 0.1) is 12.7 Å². The largest absolute Gasteiger partial charge is 0.473 e. The van der Waals surface area contributed by atoms with Crippen LogP contribution in [0.5, 0.6) is 5.88 Å². The number of pyridine rings is 2. The molecule has 1 fully saturated rings. The van der Waals surface area contributed by atoms with E-state index in [1.807, 2.05) is 5.01 Å². The molecule has 0 saturated carbocycles. The number of ether oxygens (including phenoxy) is 2. The van der Waals surface area contributed by atoms with Crippen molar-refractivity contribution in [2.45, 2.75) is 25.1 Å². The Morgan fingerprint density at radius 3 is 2.62 bits per heavy atom. The van der Waals surface area contributed by atoms with Crippen molar-refractivity contribution in [3.63, 3.8) is 0 Å². The van der Waals surface area contributed by atoms with E-state index in [-0.39, 0.29) is 12.5 Å². The van der Waals surface area contributed by atoms with Crippen molar-refractivity contribution in [2.75, 3.05) is 31.7 Å². The molecule has 9 nitrogen and oxygen atoms in total. The van der Waals surface area contributed by atoms with E-state index < -0.39 is 20.0 Å². The second kappa shape index (κ2) is 11.1. The number of carbonyl (C=O) groups is 1. The first kappa shape index (κ1) is 24.3. The van der Waals surface area contributed by atoms with Crippen molar-refractivity contribution in [3.8, 4) is 17.3 Å². The van der Waals surface area contributed by atoms with Crippen LogP contribution in [0.1, 0.15) is 21.7 Å². The van der Waals surface area contributed by atoms with Gasteiger partial charge < -0.3 is 14.0 Å². The average Bonchev–Trinajstić information content (AvgIpc) is 3.22. The fourth-order valence-electron chi connectivity index (χ4n) is 3.63. The normalized spacial score (nSPS) is 14.1. The number of halogens is 1. The number of rotatable bonds is 8. The van der Waals surface area contributed by atoms with Crippen LogP contribution in [0.2, 0.25) is 11.6 Å². The number of carbonyl (C=O) groups excluding carboxylic acids is 1. The van der Waals surface area contributed by atoms with E-state index in [2.05, 4.69) is 31.7 Å². The Morgan fingerprint density at radius 2 is 1.97 bits per heavy atom. The van der Waals surface area contributed by atoms with Gasteiger partial charge in [0.15, 0.2) is 0 Å². The smallest absolute Gasteiger partial charge is 0.286 e. The summed E-state index contributed by atoms with van der Waals surface area (Å²) in [6.07, 6.45) is 2.67. The summed E-state index contributed by atoms with van der Waals surface area (Å²) in [5.41, 5.74) is 2.18. The van der Waals surface area contributed by atoms with Gasteiger partial charge in [0.05, 0.1) is 36.2 Å². The summed E-state index contributed by atoms with van der Waals surface area (Å²) in [7, 11) is 0. The highest BCUT2D eigenvalue weighted by molar-refractivity contribution is 6.56. The predicted octanol–water partition coefficient (Wildman–Crippen LogP) is 3.14. The fourth-order valence-corrected chi connectivity index (χ4v) is 4.72. The molecule has 3 aromatic rings. The standard InChI is InChI=1S/C21H21FN5O4.2CH3.Al/c1-14-17(20(25-31-14)18-5-4-16(22)12-23-18)13-30-19-6-3-15(11-24-19)21(28)26(2)27-7-9-29-10-8-27;;;/h3-6,11-12H,2,7-10,13H2,1H3;2*1H3;. The number of hydrogen-bond acceptors (Lipinski definition) is 8. The van der Waals surface area contributed by atoms with E-state index >= 15 is 0 Å². The van der Waals surface area contributed by atoms with Gasteiger partial charge in [-0.3, -0.25) is 14.8 Å². The van der Waals surface area contributed by atoms with Crippen molar-refractivity contribution in [1.82, 2.24) is 25.1 Å². The van der Waals surface area contributed by atoms with E-state index in [9.17, 15) is 9.18 Å². The molecular formula is C23H27AlFN5O4. The first-order chi connectivity index (χ1) is 16.4. The summed E-state index contributed by atoms with van der Waals surface area (Å²) in [5.74, 6) is 4.89. The van der Waals surface area contributed by atoms with Crippen LogP contribution in [0.15, 0.2) is 41.2 Å². The number of hydrazine groups is 1. The van der Waals surface area contributed by atoms with Gasteiger partial charge in [-0.05, 0) is 30.5 Å². The van der Waals surface area contributed by atoms with Crippen molar-refractivity contribution >= 4 is 20.1 Å². The zero-order valence-electron chi connectivity index (χ0n) is 19.5. The number of amides is 1. The maximum atomic E-state index is 13.2. The summed E-state index contributed by atoms with van der Waals surface area (Å²) in [5, 5.41) is 8.70. The van der Waals surface area contributed by atoms with Crippen LogP contribution in [0.25, 0.3) is 11.4 Å². The zero-order chi connectivity index (χ0) is 24.1. The van der Waals surface area contributed by atoms with Crippen molar-refractivity contribution in [1.29, 1.82) is 0 Å². The van der Waals surface area contributed by atoms with Gasteiger partial charge in [0.1, 0.15) is 23.9 Å². The van der Waals surface area contributed by atoms with Gasteiger partial charge in [-0.2, -0.15) is 0 Å². The first-order valence-electron chi connectivity index (χ1n) is 11.2. The Labute approximate surface area is 201 Å². The first-order valence-corrected chi connectivity index (χ1v) is 14.4. The maximum absolute atomic E-state index is 13.2. The molecule has 1 saturated heterocycles. The lowest BCUT2D eigenvalue weighted by molar-refractivity contribution is -0.0624. The van der Waals surface area contributed by atoms with Gasteiger partial charge in [0.2, 0.25) is 5.88 Å². The van der Waals surface area contributed by atoms with Crippen LogP contribution in [-0.4, -0.2) is 76.9 Å². The number of hydrogen-bond donors (Lipinski definition) is 0. The van der Waals surface area contributed by atoms with Crippen LogP contribution in [0.3, 0.4) is 0 Å². The third kappa shape index (κ3) is 5.80. The molecule has 0 aromatic carbocycles. The molecule has 3 aromatic heterocycles. The Balaban J connectivity index is 1.44. The lowest BCUT2D eigenvalue weighted by Gasteiger charge is -2.38. The monoisotopic (exact) mass is 483 g/mol. The molecule has 0 N–H and O–H groups in total. The molecule has 11 heteroatoms. The van der Waals surface area contributed by atoms with Crippen LogP contribution >= 0.6 is 0 Å². The highest BCUT2D eigenvalue weighted by Crippen LogP contribution is 2.25. The molecule has 0 aliphatic carbocycles. The summed E-state index contributed by atoms with van der Waals surface area (Å²) in [4.78, 5) is 21.6. The molecule has 0 atom stereocenters. The molecule has 34 heavy (non-hydrogen) atoms. The Kier molecular flexibility index (Phi) is 7.90. The average molecular weight is 483 g/mol. The summed E-state index contributed by atoms with van der Waals surface area (Å²) in [6, 6.07) is 6.25. The maximum Gasteiger partial charge on any atom is 0.286 e. The Bertz CT molecular complexity index is 1100. The van der Waals surface area contributed by atoms with Crippen LogP contribution in [-0.2, 0) is 11.3 Å². The molecule has 4 rings (SSSR count). The van der Waals surface area contributed by atoms with Crippen LogP contribution < -0.4 is 4.74 Å². The van der Waals surface area contributed by atoms with Crippen molar-refractivity contribution in [2.24, 2.45) is 0 Å². The molecule has 178 valence electrons. The summed E-state index contributed by atoms with van der Waals surface area (Å²) in [6.45, 7) is 4.54. The van der Waals surface area contributed by atoms with E-state index in [0.29, 0.717) is 60.5 Å². The second-order valence-corrected chi connectivity index (χ2v) is 11.6. The minimum Gasteiger partial charge on any atom is -0.473 e. The number of nitrogens with zero attached hydrogens (tertiary/aromatic N) is 5. The number of morpholine rings is 1. The van der Waals surface area contributed by atoms with Crippen LogP contribution in [0.4, 0.5) is 4.39 Å². The molecule has 1 aliphatic rings. The molecule has 0 bridgehead atoms. The minimum absolute atomic E-state index is 0.0679. The van der Waals surface area contributed by atoms with Crippen molar-refractivity contribution in [3.05, 3.63) is 59.4 Å². The predicted molar refractivity (Wildman–Crippen MR) is 124 cm³/mol. The van der Waals surface area contributed by atoms with Gasteiger partial charge in [-0.15, -0.1) is 11.6 Å². The zero-order valence-corrected chi connectivity index (χ0v) is 20.7. The highest BCUT2D eigenvalue weighted by atomic mass is 27.2. The van der Waals surface area contributed by atoms with E-state index in [4.69, 9.17) is 14.0 Å². The summed E-state index contributed by atoms with van der Waals surface area (Å²) >= 11 is -1.03. The number of aromatic nitrogens is 3. The second-order valence-electron chi connectivity index (χ2n) is 8.45. The van der Waals surface area contributed by atoms with E-state index in [0.717, 1.165) is 11.6 Å². The molecule has 0 unspecified atom stereocenters. The van der Waals surface area contributed by atoms with Gasteiger partial charge in [-0.25, -0.2) is 14.4 Å². The van der Waals surface area contributed by atoms with Gasteiger partial charge in [-0.1, -0.05) is 5.16 Å². The van der Waals surface area contributed by atoms with Gasteiger partial charge in [0, 0.05) is 25.4 Å². The Morgan fingerprint density at radius 1 is 1.18 bits per heavy atom. The lowest BCUT2D eigenvalue weighted by atomic mass is 10.1. The molecule has 1 amide bonds. The minimum atomic E-state index is -1.03. The highest BCUT2D eigenvalue weighted by Gasteiger charge is 2.26. The van der Waals surface area contributed by atoms with Crippen molar-refractivity contribution < 1.29 is 23.2 Å². The molecule has 1 aliphatic heterocycles. The number of aryl methyl sites for hydroxylation is 1. The van der Waals surface area contributed by atoms with E-state index in [1.54, 1.807) is 19.1 Å². The summed E-state index contributed by atoms with van der Waals surface area (Å²) < 4.78 is 29.8. The van der Waals surface area contributed by atoms with Gasteiger partial charge in [0.25, 0.3) is 20.1 Å². The lowest BCUT2D eigenvalue weighted by Crippen LogP contribution is -2.53. The third-order valence-corrected chi connectivity index (χ3v) is 6.48. The quantitative estimate of drug-likeness (QED) is 0.451. The molecule has 0 spiro atoms. The SMILES string of the molecule is Cc1onc(-c2ccc(F)cn2)c1COc1ccc(C(=O)N([CH2][Al]([CH3])[CH3])N2CCOCC2)cn1. The van der Waals surface area contributed by atoms with E-state index in [1.165, 1.54) is 18.3 Å². The third-order valence-electron chi connectivity index (χ3n) is 5.40. The molecular weight excluding hydrogens is 456 g/mol. The molecule has 4 heterocycles.